The molecule has 0 fully saturated rings. The van der Waals surface area contributed by atoms with Crippen molar-refractivity contribution in [3.05, 3.63) is 64.7 Å². The Bertz CT molecular complexity index is 754. The van der Waals surface area contributed by atoms with Gasteiger partial charge in [0.05, 0.1) is 16.3 Å². The summed E-state index contributed by atoms with van der Waals surface area (Å²) in [6.07, 6.45) is 0. The molecule has 0 aliphatic heterocycles. The highest BCUT2D eigenvalue weighted by atomic mass is 35.5. The van der Waals surface area contributed by atoms with Crippen LogP contribution in [0.3, 0.4) is 0 Å². The van der Waals surface area contributed by atoms with Crippen LogP contribution in [0, 0.1) is 0 Å². The number of carbonyl (C=O) groups is 1. The van der Waals surface area contributed by atoms with E-state index < -0.39 is 0 Å². The van der Waals surface area contributed by atoms with Crippen LogP contribution in [0.5, 0.6) is 0 Å². The van der Waals surface area contributed by atoms with Crippen molar-refractivity contribution in [2.24, 2.45) is 5.73 Å². The van der Waals surface area contributed by atoms with Crippen molar-refractivity contribution in [3.8, 4) is 0 Å². The summed E-state index contributed by atoms with van der Waals surface area (Å²) in [5.41, 5.74) is 10.7. The Morgan fingerprint density at radius 3 is 2.21 bits per heavy atom. The molecule has 0 aliphatic rings. The molecule has 0 atom stereocenters. The van der Waals surface area contributed by atoms with Crippen LogP contribution >= 0.6 is 23.8 Å². The quantitative estimate of drug-likeness (QED) is 0.626. The second-order valence-corrected chi connectivity index (χ2v) is 7.22. The lowest BCUT2D eigenvalue weighted by Crippen LogP contribution is -2.49. The molecule has 0 heterocycles. The van der Waals surface area contributed by atoms with Gasteiger partial charge in [0.25, 0.3) is 5.91 Å². The van der Waals surface area contributed by atoms with Crippen molar-refractivity contribution in [1.29, 1.82) is 0 Å². The van der Waals surface area contributed by atoms with E-state index in [2.05, 4.69) is 26.2 Å². The molecule has 6 heteroatoms. The molecule has 0 radical (unpaired) electrons. The fraction of sp³-hybridized carbons (Fsp3) is 0.222. The Morgan fingerprint density at radius 1 is 1.12 bits per heavy atom. The third-order valence-corrected chi connectivity index (χ3v) is 4.06. The molecule has 24 heavy (non-hydrogen) atoms. The molecule has 1 amide bonds. The maximum atomic E-state index is 12.4. The van der Waals surface area contributed by atoms with E-state index in [1.807, 2.05) is 24.3 Å². The highest BCUT2D eigenvalue weighted by molar-refractivity contribution is 7.80. The lowest BCUT2D eigenvalue weighted by atomic mass is 9.87. The highest BCUT2D eigenvalue weighted by Gasteiger charge is 2.18. The van der Waals surface area contributed by atoms with Crippen molar-refractivity contribution in [2.75, 3.05) is 5.01 Å². The maximum absolute atomic E-state index is 12.4. The summed E-state index contributed by atoms with van der Waals surface area (Å²) < 4.78 is 0. The first-order chi connectivity index (χ1) is 11.2. The minimum absolute atomic E-state index is 0.0351. The standard InChI is InChI=1S/C18H20ClN3OS/c1-18(2,3)12-8-10-13(11-9-12)22(17(20)24)21-16(23)14-6-4-5-7-15(14)19/h4-11H,1-3H3,(H2,20,24)(H,21,23). The summed E-state index contributed by atoms with van der Waals surface area (Å²) in [5.74, 6) is -0.381. The summed E-state index contributed by atoms with van der Waals surface area (Å²) in [5, 5.41) is 1.77. The van der Waals surface area contributed by atoms with Crippen LogP contribution in [0.4, 0.5) is 5.69 Å². The summed E-state index contributed by atoms with van der Waals surface area (Å²) >= 11 is 11.1. The number of hydrogen-bond acceptors (Lipinski definition) is 2. The normalized spacial score (nSPS) is 11.0. The van der Waals surface area contributed by atoms with Crippen molar-refractivity contribution in [3.63, 3.8) is 0 Å². The molecule has 2 aromatic rings. The van der Waals surface area contributed by atoms with E-state index in [0.717, 1.165) is 0 Å². The van der Waals surface area contributed by atoms with Gasteiger partial charge in [-0.3, -0.25) is 10.2 Å². The summed E-state index contributed by atoms with van der Waals surface area (Å²) in [6.45, 7) is 6.39. The molecule has 0 bridgehead atoms. The van der Waals surface area contributed by atoms with E-state index in [1.165, 1.54) is 10.6 Å². The monoisotopic (exact) mass is 361 g/mol. The van der Waals surface area contributed by atoms with E-state index in [-0.39, 0.29) is 16.4 Å². The molecule has 0 saturated carbocycles. The molecular formula is C18H20ClN3OS. The van der Waals surface area contributed by atoms with Crippen molar-refractivity contribution in [2.45, 2.75) is 26.2 Å². The predicted molar refractivity (Wildman–Crippen MR) is 103 cm³/mol. The van der Waals surface area contributed by atoms with Crippen molar-refractivity contribution >= 4 is 40.5 Å². The predicted octanol–water partition coefficient (Wildman–Crippen LogP) is 4.03. The van der Waals surface area contributed by atoms with Crippen LogP contribution in [0.1, 0.15) is 36.7 Å². The van der Waals surface area contributed by atoms with Crippen molar-refractivity contribution in [1.82, 2.24) is 5.43 Å². The largest absolute Gasteiger partial charge is 0.374 e. The maximum Gasteiger partial charge on any atom is 0.271 e. The average Bonchev–Trinajstić information content (AvgIpc) is 2.52. The van der Waals surface area contributed by atoms with E-state index in [4.69, 9.17) is 29.6 Å². The third-order valence-electron chi connectivity index (χ3n) is 3.54. The number of nitrogens with zero attached hydrogens (tertiary/aromatic N) is 1. The average molecular weight is 362 g/mol. The number of hydrazine groups is 1. The summed E-state index contributed by atoms with van der Waals surface area (Å²) in [6, 6.07) is 14.5. The topological polar surface area (TPSA) is 58.4 Å². The molecular weight excluding hydrogens is 342 g/mol. The number of hydrogen-bond donors (Lipinski definition) is 2. The molecule has 2 aromatic carbocycles. The van der Waals surface area contributed by atoms with Gasteiger partial charge in [-0.2, -0.15) is 0 Å². The first-order valence-electron chi connectivity index (χ1n) is 7.46. The molecule has 3 N–H and O–H groups in total. The van der Waals surface area contributed by atoms with E-state index in [9.17, 15) is 4.79 Å². The number of carbonyl (C=O) groups excluding carboxylic acids is 1. The molecule has 0 aliphatic carbocycles. The number of anilines is 1. The fourth-order valence-corrected chi connectivity index (χ4v) is 2.54. The van der Waals surface area contributed by atoms with Crippen LogP contribution in [-0.4, -0.2) is 11.0 Å². The minimum atomic E-state index is -0.381. The van der Waals surface area contributed by atoms with Gasteiger partial charge in [0.1, 0.15) is 0 Å². The third kappa shape index (κ3) is 4.24. The number of nitrogens with one attached hydrogen (secondary N) is 1. The van der Waals surface area contributed by atoms with Crippen LogP contribution in [0.25, 0.3) is 0 Å². The van der Waals surface area contributed by atoms with Gasteiger partial charge in [-0.15, -0.1) is 0 Å². The minimum Gasteiger partial charge on any atom is -0.374 e. The van der Waals surface area contributed by atoms with Gasteiger partial charge in [-0.1, -0.05) is 56.6 Å². The SMILES string of the molecule is CC(C)(C)c1ccc(N(NC(=O)c2ccccc2Cl)C(N)=S)cc1. The fourth-order valence-electron chi connectivity index (χ4n) is 2.16. The van der Waals surface area contributed by atoms with Crippen molar-refractivity contribution < 1.29 is 4.79 Å². The van der Waals surface area contributed by atoms with Crippen LogP contribution in [0.2, 0.25) is 5.02 Å². The Hall–Kier alpha value is -2.11. The molecule has 126 valence electrons. The van der Waals surface area contributed by atoms with Crippen LogP contribution in [-0.2, 0) is 5.41 Å². The summed E-state index contributed by atoms with van der Waals surface area (Å²) in [4.78, 5) is 12.4. The van der Waals surface area contributed by atoms with E-state index in [1.54, 1.807) is 24.3 Å². The van der Waals surface area contributed by atoms with Gasteiger partial charge < -0.3 is 5.73 Å². The second kappa shape index (κ2) is 7.20. The zero-order valence-corrected chi connectivity index (χ0v) is 15.4. The Balaban J connectivity index is 2.26. The van der Waals surface area contributed by atoms with Gasteiger partial charge in [0.15, 0.2) is 5.11 Å². The van der Waals surface area contributed by atoms with Gasteiger partial charge in [-0.25, -0.2) is 5.01 Å². The van der Waals surface area contributed by atoms with E-state index in [0.29, 0.717) is 16.3 Å². The lowest BCUT2D eigenvalue weighted by Gasteiger charge is -2.25. The van der Waals surface area contributed by atoms with Gasteiger partial charge in [0.2, 0.25) is 0 Å². The number of nitrogens with two attached hydrogens (primary N) is 1. The molecule has 0 saturated heterocycles. The molecule has 2 rings (SSSR count). The van der Waals surface area contributed by atoms with Crippen LogP contribution < -0.4 is 16.2 Å². The smallest absolute Gasteiger partial charge is 0.271 e. The second-order valence-electron chi connectivity index (χ2n) is 6.39. The molecule has 0 spiro atoms. The number of halogens is 1. The number of thiocarbonyl (C=S) groups is 1. The van der Waals surface area contributed by atoms with Gasteiger partial charge in [0, 0.05) is 0 Å². The van der Waals surface area contributed by atoms with E-state index >= 15 is 0 Å². The first-order valence-corrected chi connectivity index (χ1v) is 8.24. The molecule has 0 unspecified atom stereocenters. The first kappa shape index (κ1) is 18.2. The Morgan fingerprint density at radius 2 is 1.71 bits per heavy atom. The zero-order chi connectivity index (χ0) is 17.9. The number of rotatable bonds is 2. The Kier molecular flexibility index (Phi) is 5.47. The molecule has 0 aromatic heterocycles. The summed E-state index contributed by atoms with van der Waals surface area (Å²) in [7, 11) is 0. The zero-order valence-electron chi connectivity index (χ0n) is 13.8. The number of amides is 1. The highest BCUT2D eigenvalue weighted by Crippen LogP contribution is 2.24. The Labute approximate surface area is 152 Å². The lowest BCUT2D eigenvalue weighted by molar-refractivity contribution is 0.0955. The van der Waals surface area contributed by atoms with Gasteiger partial charge in [-0.05, 0) is 47.5 Å². The van der Waals surface area contributed by atoms with Gasteiger partial charge >= 0.3 is 0 Å². The molecule has 4 nitrogen and oxygen atoms in total. The van der Waals surface area contributed by atoms with Crippen LogP contribution in [0.15, 0.2) is 48.5 Å². The number of benzene rings is 2.